The first kappa shape index (κ1) is 9.45. The molecule has 2 saturated heterocycles. The fraction of sp³-hybridized carbons (Fsp3) is 0.778. The predicted octanol–water partition coefficient (Wildman–Crippen LogP) is -0.878. The van der Waals surface area contributed by atoms with Gasteiger partial charge in [-0.25, -0.2) is 0 Å². The summed E-state index contributed by atoms with van der Waals surface area (Å²) < 4.78 is 4.67. The lowest BCUT2D eigenvalue weighted by atomic mass is 10.2. The van der Waals surface area contributed by atoms with Crippen LogP contribution in [0, 0.1) is 0 Å². The molecule has 2 atom stereocenters. The standard InChI is InChI=1S/C9H14N2O3/c1-6(12)14-5-9(13)11-4-7-2-8(11)3-10-7/h7-8,10H,2-5H2,1H3. The molecule has 0 aromatic heterocycles. The summed E-state index contributed by atoms with van der Waals surface area (Å²) in [6.07, 6.45) is 1.03. The van der Waals surface area contributed by atoms with Crippen molar-refractivity contribution >= 4 is 11.9 Å². The number of fused-ring (bicyclic) bond motifs is 2. The van der Waals surface area contributed by atoms with Gasteiger partial charge in [-0.2, -0.15) is 0 Å². The van der Waals surface area contributed by atoms with E-state index in [-0.39, 0.29) is 12.5 Å². The molecule has 2 aliphatic heterocycles. The fourth-order valence-corrected chi connectivity index (χ4v) is 2.11. The van der Waals surface area contributed by atoms with Gasteiger partial charge in [0.2, 0.25) is 0 Å². The van der Waals surface area contributed by atoms with Crippen molar-refractivity contribution in [1.29, 1.82) is 0 Å². The monoisotopic (exact) mass is 198 g/mol. The molecule has 2 heterocycles. The third-order valence-corrected chi connectivity index (χ3v) is 2.78. The van der Waals surface area contributed by atoms with Gasteiger partial charge in [-0.1, -0.05) is 0 Å². The number of carbonyl (C=O) groups is 2. The number of ether oxygens (including phenoxy) is 1. The molecule has 1 amide bonds. The summed E-state index contributed by atoms with van der Waals surface area (Å²) in [5, 5.41) is 3.30. The molecule has 2 fully saturated rings. The van der Waals surface area contributed by atoms with Crippen molar-refractivity contribution in [2.45, 2.75) is 25.4 Å². The number of likely N-dealkylation sites (tertiary alicyclic amines) is 1. The Morgan fingerprint density at radius 2 is 2.36 bits per heavy atom. The molecule has 2 unspecified atom stereocenters. The van der Waals surface area contributed by atoms with Crippen LogP contribution in [0.5, 0.6) is 0 Å². The first-order chi connectivity index (χ1) is 6.66. The summed E-state index contributed by atoms with van der Waals surface area (Å²) in [6, 6.07) is 0.754. The Labute approximate surface area is 82.4 Å². The SMILES string of the molecule is CC(=O)OCC(=O)N1CC2CC1CN2. The van der Waals surface area contributed by atoms with E-state index < -0.39 is 5.97 Å². The highest BCUT2D eigenvalue weighted by Gasteiger charge is 2.39. The van der Waals surface area contributed by atoms with Crippen molar-refractivity contribution in [3.05, 3.63) is 0 Å². The van der Waals surface area contributed by atoms with E-state index in [0.29, 0.717) is 12.1 Å². The maximum Gasteiger partial charge on any atom is 0.303 e. The Hall–Kier alpha value is -1.10. The summed E-state index contributed by atoms with van der Waals surface area (Å²) in [4.78, 5) is 23.9. The molecule has 0 saturated carbocycles. The normalized spacial score (nSPS) is 29.4. The van der Waals surface area contributed by atoms with Gasteiger partial charge in [0.05, 0.1) is 0 Å². The zero-order valence-corrected chi connectivity index (χ0v) is 8.16. The highest BCUT2D eigenvalue weighted by atomic mass is 16.5. The quantitative estimate of drug-likeness (QED) is 0.585. The Bertz CT molecular complexity index is 267. The maximum absolute atomic E-state index is 11.6. The molecule has 2 rings (SSSR count). The zero-order chi connectivity index (χ0) is 10.1. The average molecular weight is 198 g/mol. The molecule has 5 heteroatoms. The number of esters is 1. The number of carbonyl (C=O) groups excluding carboxylic acids is 2. The average Bonchev–Trinajstić information content (AvgIpc) is 2.74. The third kappa shape index (κ3) is 1.72. The smallest absolute Gasteiger partial charge is 0.303 e. The Kier molecular flexibility index (Phi) is 2.41. The third-order valence-electron chi connectivity index (χ3n) is 2.78. The van der Waals surface area contributed by atoms with Gasteiger partial charge in [-0.15, -0.1) is 0 Å². The lowest BCUT2D eigenvalue weighted by Crippen LogP contribution is -2.47. The van der Waals surface area contributed by atoms with Crippen LogP contribution in [0.4, 0.5) is 0 Å². The van der Waals surface area contributed by atoms with Crippen molar-refractivity contribution < 1.29 is 14.3 Å². The summed E-state index contributed by atoms with van der Waals surface area (Å²) in [7, 11) is 0. The molecule has 2 aliphatic rings. The van der Waals surface area contributed by atoms with Crippen molar-refractivity contribution in [3.63, 3.8) is 0 Å². The van der Waals surface area contributed by atoms with Crippen LogP contribution < -0.4 is 5.32 Å². The van der Waals surface area contributed by atoms with E-state index >= 15 is 0 Å². The van der Waals surface area contributed by atoms with Gasteiger partial charge in [0.25, 0.3) is 5.91 Å². The van der Waals surface area contributed by atoms with E-state index in [9.17, 15) is 9.59 Å². The summed E-state index contributed by atoms with van der Waals surface area (Å²) in [6.45, 7) is 2.82. The fourth-order valence-electron chi connectivity index (χ4n) is 2.11. The van der Waals surface area contributed by atoms with Crippen molar-refractivity contribution in [2.75, 3.05) is 19.7 Å². The van der Waals surface area contributed by atoms with Gasteiger partial charge < -0.3 is 15.0 Å². The lowest BCUT2D eigenvalue weighted by Gasteiger charge is -2.27. The first-order valence-electron chi connectivity index (χ1n) is 4.83. The number of piperazine rings is 1. The zero-order valence-electron chi connectivity index (χ0n) is 8.16. The predicted molar refractivity (Wildman–Crippen MR) is 48.5 cm³/mol. The topological polar surface area (TPSA) is 58.6 Å². The van der Waals surface area contributed by atoms with Crippen LogP contribution in [0.25, 0.3) is 0 Å². The molecule has 0 aliphatic carbocycles. The summed E-state index contributed by atoms with van der Waals surface area (Å²) in [5.41, 5.74) is 0. The van der Waals surface area contributed by atoms with Gasteiger partial charge in [-0.05, 0) is 6.42 Å². The van der Waals surface area contributed by atoms with E-state index in [2.05, 4.69) is 10.1 Å². The number of rotatable bonds is 2. The number of nitrogens with zero attached hydrogens (tertiary/aromatic N) is 1. The lowest BCUT2D eigenvalue weighted by molar-refractivity contribution is -0.150. The summed E-state index contributed by atoms with van der Waals surface area (Å²) in [5.74, 6) is -0.477. The highest BCUT2D eigenvalue weighted by molar-refractivity contribution is 5.80. The van der Waals surface area contributed by atoms with Crippen LogP contribution >= 0.6 is 0 Å². The van der Waals surface area contributed by atoms with Crippen LogP contribution in [-0.4, -0.2) is 48.6 Å². The summed E-state index contributed by atoms with van der Waals surface area (Å²) >= 11 is 0. The van der Waals surface area contributed by atoms with E-state index in [1.54, 1.807) is 0 Å². The molecular formula is C9H14N2O3. The van der Waals surface area contributed by atoms with Crippen molar-refractivity contribution in [3.8, 4) is 0 Å². The van der Waals surface area contributed by atoms with Crippen molar-refractivity contribution in [2.24, 2.45) is 0 Å². The Morgan fingerprint density at radius 3 is 2.86 bits per heavy atom. The number of nitrogens with one attached hydrogen (secondary N) is 1. The van der Waals surface area contributed by atoms with E-state index in [1.807, 2.05) is 4.90 Å². The Balaban J connectivity index is 1.84. The molecule has 0 aromatic carbocycles. The maximum atomic E-state index is 11.6. The first-order valence-corrected chi connectivity index (χ1v) is 4.83. The molecule has 2 bridgehead atoms. The minimum absolute atomic E-state index is 0.0748. The molecule has 78 valence electrons. The minimum Gasteiger partial charge on any atom is -0.456 e. The Morgan fingerprint density at radius 1 is 1.57 bits per heavy atom. The van der Waals surface area contributed by atoms with Crippen LogP contribution in [0.1, 0.15) is 13.3 Å². The second-order valence-corrected chi connectivity index (χ2v) is 3.82. The highest BCUT2D eigenvalue weighted by Crippen LogP contribution is 2.22. The molecule has 5 nitrogen and oxygen atoms in total. The van der Waals surface area contributed by atoms with Gasteiger partial charge in [-0.3, -0.25) is 9.59 Å². The second-order valence-electron chi connectivity index (χ2n) is 3.82. The molecule has 0 aromatic rings. The molecule has 0 spiro atoms. The number of hydrogen-bond donors (Lipinski definition) is 1. The molecule has 1 N–H and O–H groups in total. The van der Waals surface area contributed by atoms with Crippen LogP contribution in [-0.2, 0) is 14.3 Å². The second kappa shape index (κ2) is 3.57. The van der Waals surface area contributed by atoms with Gasteiger partial charge in [0.1, 0.15) is 0 Å². The molecule has 0 radical (unpaired) electrons. The van der Waals surface area contributed by atoms with E-state index in [1.165, 1.54) is 6.92 Å². The van der Waals surface area contributed by atoms with Crippen LogP contribution in [0.15, 0.2) is 0 Å². The van der Waals surface area contributed by atoms with E-state index in [4.69, 9.17) is 0 Å². The van der Waals surface area contributed by atoms with Crippen LogP contribution in [0.2, 0.25) is 0 Å². The number of hydrogen-bond acceptors (Lipinski definition) is 4. The minimum atomic E-state index is -0.402. The number of amides is 1. The van der Waals surface area contributed by atoms with Gasteiger partial charge in [0.15, 0.2) is 6.61 Å². The van der Waals surface area contributed by atoms with Crippen LogP contribution in [0.3, 0.4) is 0 Å². The molecular weight excluding hydrogens is 184 g/mol. The van der Waals surface area contributed by atoms with Gasteiger partial charge >= 0.3 is 5.97 Å². The van der Waals surface area contributed by atoms with Crippen molar-refractivity contribution in [1.82, 2.24) is 10.2 Å². The largest absolute Gasteiger partial charge is 0.456 e. The van der Waals surface area contributed by atoms with E-state index in [0.717, 1.165) is 19.5 Å². The molecule has 14 heavy (non-hydrogen) atoms. The van der Waals surface area contributed by atoms with Gasteiger partial charge in [0, 0.05) is 32.1 Å².